The van der Waals surface area contributed by atoms with Crippen molar-refractivity contribution >= 4 is 23.4 Å². The summed E-state index contributed by atoms with van der Waals surface area (Å²) < 4.78 is 0. The van der Waals surface area contributed by atoms with Crippen LogP contribution in [0.4, 0.5) is 16.3 Å². The first kappa shape index (κ1) is 19.2. The standard InChI is InChI=1S/C20H22N6O2/c1-14-3-5-16(19(27)22-2)11-17(14)24-20(28)26-9-7-25(8-10-26)18-6-4-15(12-21)13-23-18/h3-6,11,13H,7-10H2,1-2H3,(H,22,27)(H,24,28). The van der Waals surface area contributed by atoms with Crippen molar-refractivity contribution in [2.45, 2.75) is 6.92 Å². The molecule has 3 amide bonds. The highest BCUT2D eigenvalue weighted by Crippen LogP contribution is 2.19. The molecule has 1 fully saturated rings. The molecule has 0 unspecified atom stereocenters. The first-order valence-electron chi connectivity index (χ1n) is 9.01. The van der Waals surface area contributed by atoms with Gasteiger partial charge in [0.05, 0.1) is 5.56 Å². The van der Waals surface area contributed by atoms with Gasteiger partial charge in [0, 0.05) is 50.7 Å². The Hall–Kier alpha value is -3.60. The molecule has 0 spiro atoms. The molecule has 8 nitrogen and oxygen atoms in total. The molecule has 1 aliphatic rings. The van der Waals surface area contributed by atoms with Crippen LogP contribution in [0.3, 0.4) is 0 Å². The van der Waals surface area contributed by atoms with Gasteiger partial charge in [0.15, 0.2) is 0 Å². The highest BCUT2D eigenvalue weighted by molar-refractivity contribution is 5.97. The Morgan fingerprint density at radius 2 is 1.89 bits per heavy atom. The first-order valence-corrected chi connectivity index (χ1v) is 9.01. The van der Waals surface area contributed by atoms with Crippen LogP contribution >= 0.6 is 0 Å². The number of carbonyl (C=O) groups is 2. The Morgan fingerprint density at radius 1 is 1.14 bits per heavy atom. The number of anilines is 2. The number of aryl methyl sites for hydroxylation is 1. The number of pyridine rings is 1. The van der Waals surface area contributed by atoms with Gasteiger partial charge in [-0.15, -0.1) is 0 Å². The molecule has 2 heterocycles. The lowest BCUT2D eigenvalue weighted by molar-refractivity contribution is 0.0963. The van der Waals surface area contributed by atoms with Crippen molar-refractivity contribution in [2.24, 2.45) is 0 Å². The molecule has 0 radical (unpaired) electrons. The van der Waals surface area contributed by atoms with Crippen LogP contribution in [0.25, 0.3) is 0 Å². The largest absolute Gasteiger partial charge is 0.355 e. The van der Waals surface area contributed by atoms with Crippen LogP contribution in [-0.2, 0) is 0 Å². The third-order valence-electron chi connectivity index (χ3n) is 4.74. The van der Waals surface area contributed by atoms with E-state index >= 15 is 0 Å². The number of benzene rings is 1. The van der Waals surface area contributed by atoms with E-state index in [9.17, 15) is 9.59 Å². The van der Waals surface area contributed by atoms with Crippen molar-refractivity contribution in [3.63, 3.8) is 0 Å². The van der Waals surface area contributed by atoms with Gasteiger partial charge in [-0.3, -0.25) is 4.79 Å². The van der Waals surface area contributed by atoms with Crippen LogP contribution in [0, 0.1) is 18.3 Å². The summed E-state index contributed by atoms with van der Waals surface area (Å²) in [7, 11) is 1.57. The fourth-order valence-corrected chi connectivity index (χ4v) is 3.01. The Morgan fingerprint density at radius 3 is 2.50 bits per heavy atom. The molecule has 28 heavy (non-hydrogen) atoms. The third kappa shape index (κ3) is 4.20. The molecule has 3 rings (SSSR count). The number of rotatable bonds is 3. The molecule has 1 aliphatic heterocycles. The Bertz CT molecular complexity index is 911. The van der Waals surface area contributed by atoms with E-state index in [2.05, 4.69) is 26.6 Å². The van der Waals surface area contributed by atoms with E-state index in [1.807, 2.05) is 19.1 Å². The molecule has 0 bridgehead atoms. The Kier molecular flexibility index (Phi) is 5.75. The zero-order valence-electron chi connectivity index (χ0n) is 15.9. The van der Waals surface area contributed by atoms with Gasteiger partial charge in [-0.05, 0) is 36.8 Å². The summed E-state index contributed by atoms with van der Waals surface area (Å²) in [6.45, 7) is 4.31. The number of urea groups is 1. The van der Waals surface area contributed by atoms with E-state index in [1.54, 1.807) is 36.3 Å². The van der Waals surface area contributed by atoms with Gasteiger partial charge >= 0.3 is 6.03 Å². The van der Waals surface area contributed by atoms with Crippen LogP contribution in [0.2, 0.25) is 0 Å². The minimum Gasteiger partial charge on any atom is -0.355 e. The highest BCUT2D eigenvalue weighted by atomic mass is 16.2. The van der Waals surface area contributed by atoms with Gasteiger partial charge in [0.25, 0.3) is 5.91 Å². The number of hydrogen-bond donors (Lipinski definition) is 2. The lowest BCUT2D eigenvalue weighted by atomic mass is 10.1. The van der Waals surface area contributed by atoms with Gasteiger partial charge in [-0.1, -0.05) is 6.07 Å². The highest BCUT2D eigenvalue weighted by Gasteiger charge is 2.22. The summed E-state index contributed by atoms with van der Waals surface area (Å²) in [6.07, 6.45) is 1.55. The summed E-state index contributed by atoms with van der Waals surface area (Å²) in [5, 5.41) is 14.3. The van der Waals surface area contributed by atoms with Crippen molar-refractivity contribution < 1.29 is 9.59 Å². The number of nitriles is 1. The zero-order valence-corrected chi connectivity index (χ0v) is 15.9. The molecule has 1 aromatic carbocycles. The summed E-state index contributed by atoms with van der Waals surface area (Å²) in [5.74, 6) is 0.604. The molecular weight excluding hydrogens is 356 g/mol. The maximum absolute atomic E-state index is 12.6. The first-order chi connectivity index (χ1) is 13.5. The van der Waals surface area contributed by atoms with Crippen LogP contribution in [-0.4, -0.2) is 55.0 Å². The van der Waals surface area contributed by atoms with Crippen molar-refractivity contribution in [3.05, 3.63) is 53.2 Å². The number of hydrogen-bond acceptors (Lipinski definition) is 5. The van der Waals surface area contributed by atoms with E-state index in [0.29, 0.717) is 43.0 Å². The lowest BCUT2D eigenvalue weighted by Crippen LogP contribution is -2.50. The molecule has 0 aliphatic carbocycles. The molecule has 2 N–H and O–H groups in total. The summed E-state index contributed by atoms with van der Waals surface area (Å²) in [4.78, 5) is 32.6. The number of carbonyl (C=O) groups excluding carboxylic acids is 2. The molecule has 0 atom stereocenters. The second-order valence-corrected chi connectivity index (χ2v) is 6.53. The van der Waals surface area contributed by atoms with Gasteiger partial charge < -0.3 is 20.4 Å². The third-order valence-corrected chi connectivity index (χ3v) is 4.74. The quantitative estimate of drug-likeness (QED) is 0.850. The van der Waals surface area contributed by atoms with E-state index in [1.165, 1.54) is 0 Å². The summed E-state index contributed by atoms with van der Waals surface area (Å²) in [6, 6.07) is 10.7. The Labute approximate surface area is 163 Å². The van der Waals surface area contributed by atoms with Crippen molar-refractivity contribution in [1.82, 2.24) is 15.2 Å². The predicted molar refractivity (Wildman–Crippen MR) is 106 cm³/mol. The molecule has 0 saturated carbocycles. The van der Waals surface area contributed by atoms with E-state index in [0.717, 1.165) is 11.4 Å². The number of piperazine rings is 1. The van der Waals surface area contributed by atoms with E-state index < -0.39 is 0 Å². The monoisotopic (exact) mass is 378 g/mol. The van der Waals surface area contributed by atoms with Gasteiger partial charge in [-0.25, -0.2) is 9.78 Å². The second kappa shape index (κ2) is 8.39. The van der Waals surface area contributed by atoms with E-state index in [4.69, 9.17) is 5.26 Å². The number of aromatic nitrogens is 1. The van der Waals surface area contributed by atoms with Crippen LogP contribution in [0.5, 0.6) is 0 Å². The van der Waals surface area contributed by atoms with Gasteiger partial charge in [-0.2, -0.15) is 5.26 Å². The van der Waals surface area contributed by atoms with Crippen LogP contribution in [0.1, 0.15) is 21.5 Å². The lowest BCUT2D eigenvalue weighted by Gasteiger charge is -2.35. The van der Waals surface area contributed by atoms with Crippen LogP contribution in [0.15, 0.2) is 36.5 Å². The van der Waals surface area contributed by atoms with Crippen LogP contribution < -0.4 is 15.5 Å². The van der Waals surface area contributed by atoms with Crippen molar-refractivity contribution in [2.75, 3.05) is 43.4 Å². The molecule has 144 valence electrons. The SMILES string of the molecule is CNC(=O)c1ccc(C)c(NC(=O)N2CCN(c3ccc(C#N)cn3)CC2)c1. The fraction of sp³-hybridized carbons (Fsp3) is 0.300. The van der Waals surface area contributed by atoms with E-state index in [-0.39, 0.29) is 11.9 Å². The average Bonchev–Trinajstić information content (AvgIpc) is 2.74. The van der Waals surface area contributed by atoms with Gasteiger partial charge in [0.1, 0.15) is 11.9 Å². The summed E-state index contributed by atoms with van der Waals surface area (Å²) in [5.41, 5.74) is 2.54. The number of nitrogens with zero attached hydrogens (tertiary/aromatic N) is 4. The molecule has 1 aromatic heterocycles. The normalized spacial score (nSPS) is 13.6. The number of nitrogens with one attached hydrogen (secondary N) is 2. The summed E-state index contributed by atoms with van der Waals surface area (Å²) >= 11 is 0. The van der Waals surface area contributed by atoms with Gasteiger partial charge in [0.2, 0.25) is 0 Å². The second-order valence-electron chi connectivity index (χ2n) is 6.53. The van der Waals surface area contributed by atoms with Crippen molar-refractivity contribution in [3.8, 4) is 6.07 Å². The molecular formula is C20H22N6O2. The minimum atomic E-state index is -0.195. The zero-order chi connectivity index (χ0) is 20.1. The maximum Gasteiger partial charge on any atom is 0.321 e. The average molecular weight is 378 g/mol. The number of amides is 3. The maximum atomic E-state index is 12.6. The van der Waals surface area contributed by atoms with Crippen molar-refractivity contribution in [1.29, 1.82) is 5.26 Å². The Balaban J connectivity index is 1.61. The smallest absolute Gasteiger partial charge is 0.321 e. The predicted octanol–water partition coefficient (Wildman–Crippen LogP) is 1.98. The topological polar surface area (TPSA) is 101 Å². The molecule has 8 heteroatoms. The molecule has 1 saturated heterocycles. The minimum absolute atomic E-state index is 0.190. The fourth-order valence-electron chi connectivity index (χ4n) is 3.01. The molecule has 2 aromatic rings.